The smallest absolute Gasteiger partial charge is 0.336 e. The number of carbonyl (C=O) groups is 3. The first-order chi connectivity index (χ1) is 13.7. The number of fused-ring (bicyclic) bond motifs is 1. The lowest BCUT2D eigenvalue weighted by Gasteiger charge is -2.23. The molecule has 0 radical (unpaired) electrons. The topological polar surface area (TPSA) is 138 Å². The molecule has 0 aliphatic rings. The highest BCUT2D eigenvalue weighted by Crippen LogP contribution is 2.22. The van der Waals surface area contributed by atoms with Gasteiger partial charge in [0.1, 0.15) is 11.3 Å². The number of hydrogen-bond acceptors (Lipinski definition) is 7. The van der Waals surface area contributed by atoms with Gasteiger partial charge in [0.05, 0.1) is 18.6 Å². The Labute approximate surface area is 167 Å². The van der Waals surface area contributed by atoms with Crippen molar-refractivity contribution in [3.05, 3.63) is 40.2 Å². The minimum Gasteiger partial charge on any atom is -0.548 e. The van der Waals surface area contributed by atoms with Crippen molar-refractivity contribution in [1.29, 1.82) is 0 Å². The van der Waals surface area contributed by atoms with Crippen molar-refractivity contribution in [1.82, 2.24) is 10.6 Å². The summed E-state index contributed by atoms with van der Waals surface area (Å²) in [5, 5.41) is 16.4. The van der Waals surface area contributed by atoms with Crippen molar-refractivity contribution in [2.45, 2.75) is 33.2 Å². The van der Waals surface area contributed by atoms with Crippen molar-refractivity contribution >= 4 is 28.8 Å². The number of carbonyl (C=O) groups excluding carboxylic acids is 3. The quantitative estimate of drug-likeness (QED) is 0.550. The molecule has 29 heavy (non-hydrogen) atoms. The second kappa shape index (κ2) is 9.72. The fraction of sp³-hybridized carbons (Fsp3) is 0.400. The molecule has 2 rings (SSSR count). The number of nitrogens with one attached hydrogen (secondary N) is 2. The molecule has 0 fully saturated rings. The van der Waals surface area contributed by atoms with E-state index in [9.17, 15) is 24.3 Å². The van der Waals surface area contributed by atoms with E-state index in [0.29, 0.717) is 17.8 Å². The van der Waals surface area contributed by atoms with Gasteiger partial charge in [0.15, 0.2) is 6.61 Å². The van der Waals surface area contributed by atoms with E-state index in [1.165, 1.54) is 12.1 Å². The van der Waals surface area contributed by atoms with Crippen LogP contribution >= 0.6 is 0 Å². The minimum atomic E-state index is -1.39. The normalized spacial score (nSPS) is 11.9. The lowest BCUT2D eigenvalue weighted by molar-refractivity contribution is -0.309. The number of carboxylic acid groups (broad SMARTS) is 1. The second-order valence-corrected chi connectivity index (χ2v) is 6.78. The van der Waals surface area contributed by atoms with Crippen LogP contribution in [0.25, 0.3) is 11.0 Å². The highest BCUT2D eigenvalue weighted by molar-refractivity contribution is 5.88. The minimum absolute atomic E-state index is 0.324. The summed E-state index contributed by atoms with van der Waals surface area (Å²) in [6, 6.07) is 5.20. The van der Waals surface area contributed by atoms with Gasteiger partial charge in [0.2, 0.25) is 5.91 Å². The SMILES string of the molecule is CCc1cc(=O)oc2cc(OCC(=O)NCC(=O)N[C@H](C(=O)[O-])C(C)C)ccc12. The predicted molar refractivity (Wildman–Crippen MR) is 102 cm³/mol. The van der Waals surface area contributed by atoms with E-state index in [2.05, 4.69) is 10.6 Å². The van der Waals surface area contributed by atoms with Crippen LogP contribution in [0.5, 0.6) is 5.75 Å². The molecular weight excluding hydrogens is 380 g/mol. The van der Waals surface area contributed by atoms with E-state index in [1.54, 1.807) is 26.0 Å². The van der Waals surface area contributed by atoms with Crippen molar-refractivity contribution in [2.75, 3.05) is 13.2 Å². The molecule has 1 heterocycles. The largest absolute Gasteiger partial charge is 0.548 e. The van der Waals surface area contributed by atoms with Gasteiger partial charge in [0.25, 0.3) is 5.91 Å². The van der Waals surface area contributed by atoms with Gasteiger partial charge < -0.3 is 29.7 Å². The fourth-order valence-electron chi connectivity index (χ4n) is 2.69. The van der Waals surface area contributed by atoms with Crippen LogP contribution in [0.1, 0.15) is 26.3 Å². The maximum absolute atomic E-state index is 11.9. The molecule has 0 saturated carbocycles. The molecule has 2 aromatic rings. The molecule has 1 aromatic carbocycles. The van der Waals surface area contributed by atoms with Crippen molar-refractivity contribution in [2.24, 2.45) is 5.92 Å². The summed E-state index contributed by atoms with van der Waals surface area (Å²) >= 11 is 0. The number of carboxylic acids is 1. The van der Waals surface area contributed by atoms with Crippen molar-refractivity contribution in [3.8, 4) is 5.75 Å². The van der Waals surface area contributed by atoms with Crippen LogP contribution < -0.4 is 26.1 Å². The summed E-state index contributed by atoms with van der Waals surface area (Å²) in [7, 11) is 0. The lowest BCUT2D eigenvalue weighted by Crippen LogP contribution is -2.53. The highest BCUT2D eigenvalue weighted by atomic mass is 16.5. The van der Waals surface area contributed by atoms with Crippen LogP contribution in [0, 0.1) is 5.92 Å². The van der Waals surface area contributed by atoms with Crippen LogP contribution in [-0.2, 0) is 20.8 Å². The maximum Gasteiger partial charge on any atom is 0.336 e. The number of ether oxygens (including phenoxy) is 1. The molecule has 0 aliphatic heterocycles. The molecule has 0 saturated heterocycles. The summed E-state index contributed by atoms with van der Waals surface area (Å²) in [4.78, 5) is 46.2. The average Bonchev–Trinajstić information content (AvgIpc) is 2.67. The average molecular weight is 403 g/mol. The Balaban J connectivity index is 1.90. The monoisotopic (exact) mass is 403 g/mol. The molecule has 2 N–H and O–H groups in total. The Kier molecular flexibility index (Phi) is 7.35. The Morgan fingerprint density at radius 2 is 1.90 bits per heavy atom. The lowest BCUT2D eigenvalue weighted by atomic mass is 10.1. The van der Waals surface area contributed by atoms with Gasteiger partial charge in [-0.2, -0.15) is 0 Å². The fourth-order valence-corrected chi connectivity index (χ4v) is 2.69. The van der Waals surface area contributed by atoms with E-state index in [0.717, 1.165) is 10.9 Å². The van der Waals surface area contributed by atoms with Gasteiger partial charge >= 0.3 is 5.63 Å². The summed E-state index contributed by atoms with van der Waals surface area (Å²) in [6.45, 7) is 4.41. The zero-order chi connectivity index (χ0) is 21.6. The second-order valence-electron chi connectivity index (χ2n) is 6.78. The van der Waals surface area contributed by atoms with E-state index < -0.39 is 36.0 Å². The summed E-state index contributed by atoms with van der Waals surface area (Å²) in [6.07, 6.45) is 0.669. The number of aryl methyl sites for hydroxylation is 1. The summed E-state index contributed by atoms with van der Waals surface area (Å²) < 4.78 is 10.5. The number of rotatable bonds is 9. The summed E-state index contributed by atoms with van der Waals surface area (Å²) in [5.41, 5.74) is 0.739. The third-order valence-electron chi connectivity index (χ3n) is 4.24. The van der Waals surface area contributed by atoms with Crippen LogP contribution in [0.3, 0.4) is 0 Å². The molecule has 0 bridgehead atoms. The number of amides is 2. The van der Waals surface area contributed by atoms with E-state index in [4.69, 9.17) is 9.15 Å². The van der Waals surface area contributed by atoms with Crippen molar-refractivity contribution < 1.29 is 28.6 Å². The molecule has 0 spiro atoms. The number of hydrogen-bond donors (Lipinski definition) is 2. The van der Waals surface area contributed by atoms with Gasteiger partial charge in [-0.25, -0.2) is 4.79 Å². The van der Waals surface area contributed by atoms with E-state index in [-0.39, 0.29) is 12.5 Å². The van der Waals surface area contributed by atoms with Crippen LogP contribution in [0.15, 0.2) is 33.5 Å². The van der Waals surface area contributed by atoms with Gasteiger partial charge in [-0.05, 0) is 30.0 Å². The van der Waals surface area contributed by atoms with Crippen LogP contribution in [0.4, 0.5) is 0 Å². The van der Waals surface area contributed by atoms with E-state index in [1.807, 2.05) is 6.92 Å². The first kappa shape index (κ1) is 21.9. The first-order valence-corrected chi connectivity index (χ1v) is 9.17. The molecule has 2 amide bonds. The van der Waals surface area contributed by atoms with Crippen LogP contribution in [-0.4, -0.2) is 37.0 Å². The summed E-state index contributed by atoms with van der Waals surface area (Å²) in [5.74, 6) is -2.65. The van der Waals surface area contributed by atoms with Gasteiger partial charge in [-0.1, -0.05) is 20.8 Å². The molecular formula is C20H23N2O7-. The zero-order valence-corrected chi connectivity index (χ0v) is 16.4. The molecule has 9 heteroatoms. The van der Waals surface area contributed by atoms with Crippen LogP contribution in [0.2, 0.25) is 0 Å². The van der Waals surface area contributed by atoms with Gasteiger partial charge in [-0.15, -0.1) is 0 Å². The van der Waals surface area contributed by atoms with E-state index >= 15 is 0 Å². The predicted octanol–water partition coefficient (Wildman–Crippen LogP) is -0.259. The standard InChI is InChI=1S/C20H24N2O7/c1-4-12-7-18(25)29-15-8-13(5-6-14(12)15)28-10-17(24)21-9-16(23)22-19(11(2)3)20(26)27/h5-8,11,19H,4,9-10H2,1-3H3,(H,21,24)(H,22,23)(H,26,27)/p-1/t19-/m0/s1. The Morgan fingerprint density at radius 1 is 1.17 bits per heavy atom. The Morgan fingerprint density at radius 3 is 2.52 bits per heavy atom. The Hall–Kier alpha value is -3.36. The highest BCUT2D eigenvalue weighted by Gasteiger charge is 2.17. The third kappa shape index (κ3) is 6.06. The molecule has 1 aromatic heterocycles. The number of benzene rings is 1. The Bertz CT molecular complexity index is 965. The molecule has 156 valence electrons. The molecule has 0 aliphatic carbocycles. The maximum atomic E-state index is 11.9. The molecule has 0 unspecified atom stereocenters. The van der Waals surface area contributed by atoms with Gasteiger partial charge in [-0.3, -0.25) is 9.59 Å². The molecule has 1 atom stereocenters. The zero-order valence-electron chi connectivity index (χ0n) is 16.4. The van der Waals surface area contributed by atoms with Gasteiger partial charge in [0, 0.05) is 17.5 Å². The number of aliphatic carboxylic acids is 1. The third-order valence-corrected chi connectivity index (χ3v) is 4.24. The first-order valence-electron chi connectivity index (χ1n) is 9.17. The molecule has 9 nitrogen and oxygen atoms in total. The van der Waals surface area contributed by atoms with Crippen molar-refractivity contribution in [3.63, 3.8) is 0 Å².